The molecule has 1 saturated heterocycles. The van der Waals surface area contributed by atoms with Crippen LogP contribution in [0.3, 0.4) is 0 Å². The molecule has 20 heavy (non-hydrogen) atoms. The number of nitrogens with one attached hydrogen (secondary N) is 1. The lowest BCUT2D eigenvalue weighted by atomic mass is 10.1. The zero-order valence-electron chi connectivity index (χ0n) is 12.1. The number of hydrogen-bond donors (Lipinski definition) is 1. The van der Waals surface area contributed by atoms with Gasteiger partial charge in [0.2, 0.25) is 0 Å². The second-order valence-corrected chi connectivity index (χ2v) is 6.07. The van der Waals surface area contributed by atoms with Gasteiger partial charge in [-0.25, -0.2) is 0 Å². The van der Waals surface area contributed by atoms with Crippen molar-refractivity contribution in [3.63, 3.8) is 0 Å². The highest BCUT2D eigenvalue weighted by molar-refractivity contribution is 5.60. The van der Waals surface area contributed by atoms with Gasteiger partial charge in [0.15, 0.2) is 0 Å². The summed E-state index contributed by atoms with van der Waals surface area (Å²) in [7, 11) is 0. The van der Waals surface area contributed by atoms with Crippen molar-refractivity contribution in [3.05, 3.63) is 33.4 Å². The third-order valence-electron chi connectivity index (χ3n) is 4.38. The van der Waals surface area contributed by atoms with E-state index in [4.69, 9.17) is 0 Å². The van der Waals surface area contributed by atoms with Crippen LogP contribution < -0.4 is 5.32 Å². The molecule has 0 spiro atoms. The second kappa shape index (κ2) is 5.05. The quantitative estimate of drug-likeness (QED) is 0.678. The van der Waals surface area contributed by atoms with Gasteiger partial charge in [0.1, 0.15) is 0 Å². The number of aryl methyl sites for hydroxylation is 2. The van der Waals surface area contributed by atoms with E-state index < -0.39 is 0 Å². The molecule has 1 atom stereocenters. The molecule has 1 aliphatic carbocycles. The number of hydrogen-bond acceptors (Lipinski definition) is 4. The standard InChI is InChI=1S/C15H21N3O2/c1-10-7-11(2)15(18(19)20)8-14(10)16-12-5-6-17(9-12)13-3-4-13/h7-8,12-13,16H,3-6,9H2,1-2H3. The molecule has 1 aliphatic heterocycles. The Morgan fingerprint density at radius 2 is 2.00 bits per heavy atom. The van der Waals surface area contributed by atoms with E-state index in [0.717, 1.165) is 42.4 Å². The maximum absolute atomic E-state index is 11.0. The number of benzene rings is 1. The molecule has 2 fully saturated rings. The average Bonchev–Trinajstić information content (AvgIpc) is 3.13. The van der Waals surface area contributed by atoms with Crippen molar-refractivity contribution in [2.24, 2.45) is 0 Å². The molecule has 0 aromatic heterocycles. The first kappa shape index (κ1) is 13.4. The summed E-state index contributed by atoms with van der Waals surface area (Å²) >= 11 is 0. The maximum Gasteiger partial charge on any atom is 0.274 e. The molecule has 0 amide bonds. The molecule has 5 nitrogen and oxygen atoms in total. The number of nitro benzene ring substituents is 1. The van der Waals surface area contributed by atoms with E-state index in [9.17, 15) is 10.1 Å². The van der Waals surface area contributed by atoms with Crippen molar-refractivity contribution < 1.29 is 4.92 Å². The molecule has 0 radical (unpaired) electrons. The first-order valence-electron chi connectivity index (χ1n) is 7.31. The fourth-order valence-electron chi connectivity index (χ4n) is 3.09. The summed E-state index contributed by atoms with van der Waals surface area (Å²) in [6.45, 7) is 6.01. The van der Waals surface area contributed by atoms with Crippen LogP contribution in [0, 0.1) is 24.0 Å². The maximum atomic E-state index is 11.0. The fourth-order valence-corrected chi connectivity index (χ4v) is 3.09. The third kappa shape index (κ3) is 2.63. The number of nitrogens with zero attached hydrogens (tertiary/aromatic N) is 2. The summed E-state index contributed by atoms with van der Waals surface area (Å²) in [5.41, 5.74) is 2.92. The van der Waals surface area contributed by atoms with Gasteiger partial charge in [-0.1, -0.05) is 0 Å². The third-order valence-corrected chi connectivity index (χ3v) is 4.38. The molecule has 0 bridgehead atoms. The Balaban J connectivity index is 1.73. The topological polar surface area (TPSA) is 58.4 Å². The van der Waals surface area contributed by atoms with Gasteiger partial charge in [-0.05, 0) is 44.7 Å². The summed E-state index contributed by atoms with van der Waals surface area (Å²) in [4.78, 5) is 13.3. The molecule has 1 saturated carbocycles. The van der Waals surface area contributed by atoms with Crippen molar-refractivity contribution in [3.8, 4) is 0 Å². The lowest BCUT2D eigenvalue weighted by molar-refractivity contribution is -0.385. The van der Waals surface area contributed by atoms with Gasteiger partial charge >= 0.3 is 0 Å². The Kier molecular flexibility index (Phi) is 3.38. The minimum Gasteiger partial charge on any atom is -0.381 e. The highest BCUT2D eigenvalue weighted by Crippen LogP contribution is 2.32. The number of rotatable bonds is 4. The number of anilines is 1. The Labute approximate surface area is 119 Å². The Hall–Kier alpha value is -1.62. The van der Waals surface area contributed by atoms with Crippen LogP contribution in [0.2, 0.25) is 0 Å². The van der Waals surface area contributed by atoms with Crippen molar-refractivity contribution in [2.75, 3.05) is 18.4 Å². The highest BCUT2D eigenvalue weighted by atomic mass is 16.6. The summed E-state index contributed by atoms with van der Waals surface area (Å²) in [6, 6.07) is 4.80. The van der Waals surface area contributed by atoms with Crippen LogP contribution in [0.25, 0.3) is 0 Å². The predicted octanol–water partition coefficient (Wildman–Crippen LogP) is 2.86. The molecule has 108 valence electrons. The van der Waals surface area contributed by atoms with Crippen LogP contribution in [0.15, 0.2) is 12.1 Å². The van der Waals surface area contributed by atoms with E-state index >= 15 is 0 Å². The van der Waals surface area contributed by atoms with Gasteiger partial charge in [-0.2, -0.15) is 0 Å². The van der Waals surface area contributed by atoms with Gasteiger partial charge in [0.05, 0.1) is 4.92 Å². The largest absolute Gasteiger partial charge is 0.381 e. The molecule has 1 unspecified atom stereocenters. The number of nitro groups is 1. The highest BCUT2D eigenvalue weighted by Gasteiger charge is 2.34. The summed E-state index contributed by atoms with van der Waals surface area (Å²) in [6.07, 6.45) is 3.79. The molecule has 1 aromatic carbocycles. The van der Waals surface area contributed by atoms with Crippen molar-refractivity contribution >= 4 is 11.4 Å². The van der Waals surface area contributed by atoms with Crippen LogP contribution >= 0.6 is 0 Å². The lowest BCUT2D eigenvalue weighted by Crippen LogP contribution is -2.28. The molecule has 1 heterocycles. The average molecular weight is 275 g/mol. The Bertz CT molecular complexity index is 540. The summed E-state index contributed by atoms with van der Waals surface area (Å²) < 4.78 is 0. The van der Waals surface area contributed by atoms with Gasteiger partial charge < -0.3 is 5.32 Å². The van der Waals surface area contributed by atoms with Crippen molar-refractivity contribution in [2.45, 2.75) is 45.2 Å². The van der Waals surface area contributed by atoms with Crippen molar-refractivity contribution in [1.29, 1.82) is 0 Å². The predicted molar refractivity (Wildman–Crippen MR) is 79.2 cm³/mol. The molecule has 2 aliphatic rings. The van der Waals surface area contributed by atoms with Crippen LogP contribution in [-0.4, -0.2) is 35.0 Å². The van der Waals surface area contributed by atoms with Gasteiger partial charge in [0, 0.05) is 42.5 Å². The first-order chi connectivity index (χ1) is 9.54. The van der Waals surface area contributed by atoms with Crippen LogP contribution in [0.4, 0.5) is 11.4 Å². The van der Waals surface area contributed by atoms with Gasteiger partial charge in [0.25, 0.3) is 5.69 Å². The van der Waals surface area contributed by atoms with Crippen LogP contribution in [0.5, 0.6) is 0 Å². The molecular weight excluding hydrogens is 254 g/mol. The van der Waals surface area contributed by atoms with E-state index in [1.165, 1.54) is 12.8 Å². The van der Waals surface area contributed by atoms with Gasteiger partial charge in [-0.3, -0.25) is 15.0 Å². The van der Waals surface area contributed by atoms with Crippen molar-refractivity contribution in [1.82, 2.24) is 4.90 Å². The first-order valence-corrected chi connectivity index (χ1v) is 7.31. The van der Waals surface area contributed by atoms with Crippen LogP contribution in [0.1, 0.15) is 30.4 Å². The number of likely N-dealkylation sites (tertiary alicyclic amines) is 1. The minimum atomic E-state index is -0.300. The van der Waals surface area contributed by atoms with E-state index in [2.05, 4.69) is 10.2 Å². The molecule has 1 N–H and O–H groups in total. The molecular formula is C15H21N3O2. The van der Waals surface area contributed by atoms with E-state index in [-0.39, 0.29) is 10.6 Å². The minimum absolute atomic E-state index is 0.204. The zero-order valence-corrected chi connectivity index (χ0v) is 12.1. The molecule has 5 heteroatoms. The van der Waals surface area contributed by atoms with E-state index in [1.54, 1.807) is 13.0 Å². The Morgan fingerprint density at radius 1 is 1.25 bits per heavy atom. The van der Waals surface area contributed by atoms with E-state index in [0.29, 0.717) is 6.04 Å². The monoisotopic (exact) mass is 275 g/mol. The lowest BCUT2D eigenvalue weighted by Gasteiger charge is -2.18. The van der Waals surface area contributed by atoms with Gasteiger partial charge in [-0.15, -0.1) is 0 Å². The molecule has 1 aromatic rings. The van der Waals surface area contributed by atoms with Crippen LogP contribution in [-0.2, 0) is 0 Å². The summed E-state index contributed by atoms with van der Waals surface area (Å²) in [5.74, 6) is 0. The normalized spacial score (nSPS) is 23.0. The zero-order chi connectivity index (χ0) is 14.3. The SMILES string of the molecule is Cc1cc(C)c([N+](=O)[O-])cc1NC1CCN(C2CC2)C1. The van der Waals surface area contributed by atoms with E-state index in [1.807, 2.05) is 13.0 Å². The second-order valence-electron chi connectivity index (χ2n) is 6.07. The fraction of sp³-hybridized carbons (Fsp3) is 0.600. The summed E-state index contributed by atoms with van der Waals surface area (Å²) in [5, 5.41) is 14.5. The molecule has 3 rings (SSSR count). The Morgan fingerprint density at radius 3 is 2.65 bits per heavy atom. The smallest absolute Gasteiger partial charge is 0.274 e.